The van der Waals surface area contributed by atoms with Gasteiger partial charge in [-0.1, -0.05) is 0 Å². The maximum atomic E-state index is 13.2. The summed E-state index contributed by atoms with van der Waals surface area (Å²) in [5.74, 6) is -3.62. The lowest BCUT2D eigenvalue weighted by molar-refractivity contribution is 0.495. The first kappa shape index (κ1) is 11.9. The third-order valence-corrected chi connectivity index (χ3v) is 2.04. The Balaban J connectivity index is 2.38. The molecule has 2 rings (SSSR count). The summed E-state index contributed by atoms with van der Waals surface area (Å²) in [7, 11) is 0. The molecule has 0 fully saturated rings. The number of anilines is 2. The quantitative estimate of drug-likeness (QED) is 0.567. The smallest absolute Gasteiger partial charge is 0.175 e. The number of hydrogen-bond donors (Lipinski definition) is 3. The number of nitrogens with one attached hydrogen (secondary N) is 1. The lowest BCUT2D eigenvalue weighted by Gasteiger charge is -1.97. The maximum Gasteiger partial charge on any atom is 0.175 e. The van der Waals surface area contributed by atoms with Crippen molar-refractivity contribution in [3.05, 3.63) is 29.6 Å². The van der Waals surface area contributed by atoms with Crippen molar-refractivity contribution in [1.29, 1.82) is 0 Å². The highest BCUT2D eigenvalue weighted by molar-refractivity contribution is 5.70. The summed E-state index contributed by atoms with van der Waals surface area (Å²) in [4.78, 5) is 0. The first-order valence-corrected chi connectivity index (χ1v) is 4.64. The fourth-order valence-electron chi connectivity index (χ4n) is 1.16. The Hall–Kier alpha value is -2.58. The topological polar surface area (TPSA) is 105 Å². The molecule has 0 aliphatic heterocycles. The molecule has 1 heterocycles. The van der Waals surface area contributed by atoms with E-state index in [9.17, 15) is 13.2 Å². The number of aromatic amines is 1. The van der Waals surface area contributed by atoms with Crippen LogP contribution in [0.1, 0.15) is 0 Å². The van der Waals surface area contributed by atoms with Gasteiger partial charge in [-0.2, -0.15) is 5.10 Å². The van der Waals surface area contributed by atoms with Gasteiger partial charge < -0.3 is 11.5 Å². The molecule has 0 atom stereocenters. The summed E-state index contributed by atoms with van der Waals surface area (Å²) >= 11 is 0. The van der Waals surface area contributed by atoms with Gasteiger partial charge in [-0.05, 0) is 0 Å². The fourth-order valence-corrected chi connectivity index (χ4v) is 1.16. The third kappa shape index (κ3) is 2.10. The first-order valence-electron chi connectivity index (χ1n) is 4.64. The zero-order chi connectivity index (χ0) is 13.3. The largest absolute Gasteiger partial charge is 0.382 e. The zero-order valence-corrected chi connectivity index (χ0v) is 8.78. The fraction of sp³-hybridized carbons (Fsp3) is 0. The summed E-state index contributed by atoms with van der Waals surface area (Å²) in [5.41, 5.74) is 10.3. The van der Waals surface area contributed by atoms with Gasteiger partial charge in [0.2, 0.25) is 0 Å². The Bertz CT molecular complexity index is 602. The molecule has 0 radical (unpaired) electrons. The lowest BCUT2D eigenvalue weighted by atomic mass is 10.3. The van der Waals surface area contributed by atoms with Gasteiger partial charge in [0.1, 0.15) is 11.5 Å². The number of H-pyrrole nitrogens is 1. The second-order valence-electron chi connectivity index (χ2n) is 3.29. The Morgan fingerprint density at radius 2 is 1.67 bits per heavy atom. The van der Waals surface area contributed by atoms with Crippen LogP contribution >= 0.6 is 0 Å². The van der Waals surface area contributed by atoms with Crippen LogP contribution in [-0.4, -0.2) is 10.2 Å². The molecule has 0 unspecified atom stereocenters. The molecule has 6 nitrogen and oxygen atoms in total. The molecule has 0 saturated heterocycles. The van der Waals surface area contributed by atoms with E-state index in [2.05, 4.69) is 20.4 Å². The normalized spacial score (nSPS) is 11.3. The minimum atomic E-state index is -1.31. The molecule has 0 spiro atoms. The van der Waals surface area contributed by atoms with Gasteiger partial charge in [-0.3, -0.25) is 5.10 Å². The molecular formula is C9H7F3N6. The number of nitrogen functional groups attached to an aromatic ring is 2. The van der Waals surface area contributed by atoms with E-state index >= 15 is 0 Å². The number of aromatic nitrogens is 2. The summed E-state index contributed by atoms with van der Waals surface area (Å²) in [5, 5.41) is 12.8. The van der Waals surface area contributed by atoms with Gasteiger partial charge in [-0.25, -0.2) is 13.2 Å². The summed E-state index contributed by atoms with van der Waals surface area (Å²) in [6.07, 6.45) is 0. The molecule has 0 saturated carbocycles. The first-order chi connectivity index (χ1) is 8.49. The summed E-state index contributed by atoms with van der Waals surface area (Å²) < 4.78 is 38.7. The van der Waals surface area contributed by atoms with Gasteiger partial charge >= 0.3 is 0 Å². The third-order valence-electron chi connectivity index (χ3n) is 2.04. The Kier molecular flexibility index (Phi) is 2.88. The van der Waals surface area contributed by atoms with Gasteiger partial charge in [0.25, 0.3) is 0 Å². The minimum absolute atomic E-state index is 0.000803. The zero-order valence-electron chi connectivity index (χ0n) is 8.78. The van der Waals surface area contributed by atoms with Crippen LogP contribution in [0.5, 0.6) is 0 Å². The SMILES string of the molecule is Nc1n[nH]c(N)c1N=Nc1cc(F)c(F)cc1F. The monoisotopic (exact) mass is 256 g/mol. The average Bonchev–Trinajstić information content (AvgIpc) is 2.62. The van der Waals surface area contributed by atoms with Gasteiger partial charge in [0, 0.05) is 12.1 Å². The van der Waals surface area contributed by atoms with Crippen molar-refractivity contribution < 1.29 is 13.2 Å². The van der Waals surface area contributed by atoms with Crippen LogP contribution in [0.3, 0.4) is 0 Å². The van der Waals surface area contributed by atoms with Crippen molar-refractivity contribution in [3.63, 3.8) is 0 Å². The molecule has 18 heavy (non-hydrogen) atoms. The van der Waals surface area contributed by atoms with Crippen LogP contribution in [0.2, 0.25) is 0 Å². The van der Waals surface area contributed by atoms with Crippen molar-refractivity contribution in [1.82, 2.24) is 10.2 Å². The summed E-state index contributed by atoms with van der Waals surface area (Å²) in [6, 6.07) is 0.937. The van der Waals surface area contributed by atoms with E-state index in [0.29, 0.717) is 12.1 Å². The van der Waals surface area contributed by atoms with E-state index in [-0.39, 0.29) is 17.3 Å². The highest BCUT2D eigenvalue weighted by atomic mass is 19.2. The number of rotatable bonds is 2. The summed E-state index contributed by atoms with van der Waals surface area (Å²) in [6.45, 7) is 0. The molecule has 1 aromatic carbocycles. The van der Waals surface area contributed by atoms with Crippen molar-refractivity contribution >= 4 is 23.0 Å². The lowest BCUT2D eigenvalue weighted by Crippen LogP contribution is -1.87. The van der Waals surface area contributed by atoms with Gasteiger partial charge in [0.15, 0.2) is 29.0 Å². The van der Waals surface area contributed by atoms with Crippen molar-refractivity contribution in [3.8, 4) is 0 Å². The van der Waals surface area contributed by atoms with Crippen LogP contribution in [0.4, 0.5) is 36.2 Å². The predicted octanol–water partition coefficient (Wildman–Crippen LogP) is 2.41. The molecule has 2 aromatic rings. The molecular weight excluding hydrogens is 249 g/mol. The van der Waals surface area contributed by atoms with Crippen LogP contribution < -0.4 is 11.5 Å². The molecule has 0 bridgehead atoms. The minimum Gasteiger partial charge on any atom is -0.382 e. The Labute approximate surface area is 98.5 Å². The van der Waals surface area contributed by atoms with E-state index in [4.69, 9.17) is 11.5 Å². The second-order valence-corrected chi connectivity index (χ2v) is 3.29. The number of hydrogen-bond acceptors (Lipinski definition) is 5. The van der Waals surface area contributed by atoms with E-state index in [0.717, 1.165) is 0 Å². The number of nitrogens with zero attached hydrogens (tertiary/aromatic N) is 3. The highest BCUT2D eigenvalue weighted by Gasteiger charge is 2.11. The van der Waals surface area contributed by atoms with Crippen LogP contribution in [0, 0.1) is 17.5 Å². The van der Waals surface area contributed by atoms with E-state index in [1.165, 1.54) is 0 Å². The van der Waals surface area contributed by atoms with Gasteiger partial charge in [0.05, 0.1) is 0 Å². The van der Waals surface area contributed by atoms with Crippen LogP contribution in [0.25, 0.3) is 0 Å². The molecule has 9 heteroatoms. The van der Waals surface area contributed by atoms with Gasteiger partial charge in [-0.15, -0.1) is 10.2 Å². The highest BCUT2D eigenvalue weighted by Crippen LogP contribution is 2.29. The van der Waals surface area contributed by atoms with Crippen LogP contribution in [0.15, 0.2) is 22.4 Å². The van der Waals surface area contributed by atoms with E-state index < -0.39 is 23.1 Å². The second kappa shape index (κ2) is 4.35. The maximum absolute atomic E-state index is 13.2. The Morgan fingerprint density at radius 3 is 2.28 bits per heavy atom. The van der Waals surface area contributed by atoms with Crippen molar-refractivity contribution in [2.45, 2.75) is 0 Å². The van der Waals surface area contributed by atoms with Crippen LogP contribution in [-0.2, 0) is 0 Å². The average molecular weight is 256 g/mol. The molecule has 0 amide bonds. The van der Waals surface area contributed by atoms with Crippen molar-refractivity contribution in [2.24, 2.45) is 10.2 Å². The van der Waals surface area contributed by atoms with E-state index in [1.807, 2.05) is 0 Å². The molecule has 0 aliphatic rings. The molecule has 1 aromatic heterocycles. The standard InChI is InChI=1S/C9H7F3N6/c10-3-1-5(12)6(2-4(3)11)15-16-7-8(13)17-18-9(7)14/h1-2H,(H5,13,14,17,18). The Morgan fingerprint density at radius 1 is 1.00 bits per heavy atom. The van der Waals surface area contributed by atoms with Crippen molar-refractivity contribution in [2.75, 3.05) is 11.5 Å². The number of nitrogens with two attached hydrogens (primary N) is 2. The predicted molar refractivity (Wildman–Crippen MR) is 57.9 cm³/mol. The number of halogens is 3. The molecule has 0 aliphatic carbocycles. The molecule has 5 N–H and O–H groups in total. The number of benzene rings is 1. The van der Waals surface area contributed by atoms with E-state index in [1.54, 1.807) is 0 Å². The number of azo groups is 1. The molecule has 94 valence electrons.